The molecule has 9 aromatic carbocycles. The molecular formula is C76H66F5N4OPt-3. The fourth-order valence-corrected chi connectivity index (χ4v) is 11.5. The third-order valence-electron chi connectivity index (χ3n) is 16.3. The summed E-state index contributed by atoms with van der Waals surface area (Å²) < 4.78 is 89.8. The summed E-state index contributed by atoms with van der Waals surface area (Å²) in [6.07, 6.45) is 1.84. The maximum absolute atomic E-state index is 16.9. The first kappa shape index (κ1) is 60.4. The second-order valence-corrected chi connectivity index (χ2v) is 26.5. The van der Waals surface area contributed by atoms with Gasteiger partial charge in [-0.15, -0.1) is 53.6 Å². The molecule has 0 N–H and O–H groups in total. The van der Waals surface area contributed by atoms with Gasteiger partial charge in [0.25, 0.3) is 0 Å². The van der Waals surface area contributed by atoms with Crippen molar-refractivity contribution in [2.24, 2.45) is 0 Å². The van der Waals surface area contributed by atoms with Gasteiger partial charge in [0.1, 0.15) is 5.82 Å². The first-order valence-electron chi connectivity index (χ1n) is 29.0. The van der Waals surface area contributed by atoms with Gasteiger partial charge in [-0.05, 0) is 114 Å². The van der Waals surface area contributed by atoms with Gasteiger partial charge in [0.15, 0.2) is 23.3 Å². The van der Waals surface area contributed by atoms with Crippen LogP contribution in [0, 0.1) is 47.9 Å². The Morgan fingerprint density at radius 3 is 1.59 bits per heavy atom. The molecule has 444 valence electrons. The number of para-hydroxylation sites is 3. The summed E-state index contributed by atoms with van der Waals surface area (Å²) in [4.78, 5) is 8.61. The van der Waals surface area contributed by atoms with E-state index in [1.54, 1.807) is 17.6 Å². The van der Waals surface area contributed by atoms with Crippen molar-refractivity contribution in [3.8, 4) is 61.8 Å². The van der Waals surface area contributed by atoms with Crippen LogP contribution in [0.4, 0.5) is 44.7 Å². The quantitative estimate of drug-likeness (QED) is 0.0624. The largest absolute Gasteiger partial charge is 0.509 e. The predicted molar refractivity (Wildman–Crippen MR) is 341 cm³/mol. The number of hydrogen-bond acceptors (Lipinski definition) is 4. The first-order valence-corrected chi connectivity index (χ1v) is 29.0. The van der Waals surface area contributed by atoms with Crippen LogP contribution in [0.25, 0.3) is 72.1 Å². The average Bonchev–Trinajstić information content (AvgIpc) is 1.85. The third-order valence-corrected chi connectivity index (χ3v) is 16.3. The Balaban J connectivity index is 0.00000784. The summed E-state index contributed by atoms with van der Waals surface area (Å²) in [5, 5.41) is 2.00. The molecule has 11 aromatic rings. The zero-order valence-electron chi connectivity index (χ0n) is 50.7. The molecule has 5 nitrogen and oxygen atoms in total. The minimum absolute atomic E-state index is 0. The Bertz CT molecular complexity index is 4430. The number of nitrogens with zero attached hydrogens (tertiary/aromatic N) is 4. The predicted octanol–water partition coefficient (Wildman–Crippen LogP) is 21.5. The van der Waals surface area contributed by atoms with Crippen molar-refractivity contribution < 1.29 is 47.8 Å². The number of benzene rings is 9. The van der Waals surface area contributed by atoms with Crippen LogP contribution < -0.4 is 14.5 Å². The molecule has 0 amide bonds. The van der Waals surface area contributed by atoms with E-state index in [0.29, 0.717) is 45.3 Å². The Labute approximate surface area is 521 Å². The van der Waals surface area contributed by atoms with Crippen LogP contribution in [0.5, 0.6) is 11.5 Å². The SMILES string of the molecule is CC(C)(C)c1cc(-c2cc(C(C)(C)C)cc(-c3c(F)c(F)c(F)c(F)c3F)c2N2[CH-]N(c3[c-]c(Oc4[c-]c5c(cc4)c4ccccc4n5-c4cc(C(C)(C)C)ccn4)cc(-c4ccccc4-c4ccccc4)c3)c3ccccc32)cc(C(C)(C)C)c1.[Pt]. The van der Waals surface area contributed by atoms with Crippen LogP contribution >= 0.6 is 0 Å². The monoisotopic (exact) mass is 1340 g/mol. The summed E-state index contributed by atoms with van der Waals surface area (Å²) in [6, 6.07) is 63.2. The Morgan fingerprint density at radius 2 is 0.954 bits per heavy atom. The van der Waals surface area contributed by atoms with Crippen LogP contribution in [-0.2, 0) is 42.7 Å². The van der Waals surface area contributed by atoms with Crippen LogP contribution in [0.1, 0.15) is 105 Å². The Morgan fingerprint density at radius 1 is 0.425 bits per heavy atom. The van der Waals surface area contributed by atoms with Gasteiger partial charge in [0.05, 0.1) is 5.56 Å². The molecule has 0 radical (unpaired) electrons. The van der Waals surface area contributed by atoms with E-state index in [2.05, 4.69) is 140 Å². The molecule has 0 spiro atoms. The molecule has 1 aliphatic rings. The van der Waals surface area contributed by atoms with E-state index in [1.807, 2.05) is 135 Å². The Kier molecular flexibility index (Phi) is 15.6. The number of ether oxygens (including phenoxy) is 1. The summed E-state index contributed by atoms with van der Waals surface area (Å²) >= 11 is 0. The molecule has 0 unspecified atom stereocenters. The maximum atomic E-state index is 16.9. The van der Waals surface area contributed by atoms with E-state index < -0.39 is 40.1 Å². The van der Waals surface area contributed by atoms with Crippen LogP contribution in [0.3, 0.4) is 0 Å². The maximum Gasteiger partial charge on any atom is 0.200 e. The van der Waals surface area contributed by atoms with Crippen molar-refractivity contribution in [1.29, 1.82) is 0 Å². The van der Waals surface area contributed by atoms with Gasteiger partial charge < -0.3 is 19.1 Å². The Hall–Kier alpha value is -8.33. The minimum Gasteiger partial charge on any atom is -0.509 e. The van der Waals surface area contributed by atoms with Gasteiger partial charge in [-0.2, -0.15) is 6.07 Å². The van der Waals surface area contributed by atoms with Crippen molar-refractivity contribution in [3.63, 3.8) is 0 Å². The van der Waals surface area contributed by atoms with E-state index >= 15 is 22.0 Å². The molecule has 12 rings (SSSR count). The van der Waals surface area contributed by atoms with Crippen molar-refractivity contribution >= 4 is 44.6 Å². The van der Waals surface area contributed by atoms with Crippen molar-refractivity contribution in [2.45, 2.75) is 105 Å². The van der Waals surface area contributed by atoms with Crippen molar-refractivity contribution in [3.05, 3.63) is 246 Å². The molecular weight excluding hydrogens is 1270 g/mol. The fourth-order valence-electron chi connectivity index (χ4n) is 11.5. The number of pyridine rings is 1. The molecule has 0 fully saturated rings. The third kappa shape index (κ3) is 11.2. The molecule has 0 saturated heterocycles. The molecule has 0 atom stereocenters. The second-order valence-electron chi connectivity index (χ2n) is 26.5. The number of fused-ring (bicyclic) bond motifs is 4. The molecule has 87 heavy (non-hydrogen) atoms. The molecule has 1 aliphatic heterocycles. The summed E-state index contributed by atoms with van der Waals surface area (Å²) in [5.41, 5.74) is 9.49. The normalized spacial score (nSPS) is 12.9. The van der Waals surface area contributed by atoms with Gasteiger partial charge in [-0.3, -0.25) is 0 Å². The van der Waals surface area contributed by atoms with Crippen molar-refractivity contribution in [1.82, 2.24) is 9.55 Å². The molecule has 0 bridgehead atoms. The fraction of sp³-hybridized carbons (Fsp3) is 0.211. The van der Waals surface area contributed by atoms with E-state index in [9.17, 15) is 0 Å². The van der Waals surface area contributed by atoms with E-state index in [-0.39, 0.29) is 48.6 Å². The van der Waals surface area contributed by atoms with Crippen molar-refractivity contribution in [2.75, 3.05) is 9.80 Å². The number of halogens is 5. The van der Waals surface area contributed by atoms with Gasteiger partial charge in [-0.25, -0.2) is 26.9 Å². The van der Waals surface area contributed by atoms with E-state index in [1.165, 1.54) is 0 Å². The zero-order chi connectivity index (χ0) is 60.9. The van der Waals surface area contributed by atoms with Crippen LogP contribution in [0.2, 0.25) is 0 Å². The van der Waals surface area contributed by atoms with Crippen LogP contribution in [-0.4, -0.2) is 9.55 Å². The minimum atomic E-state index is -2.24. The molecule has 3 heterocycles. The summed E-state index contributed by atoms with van der Waals surface area (Å²) in [5.74, 6) is -8.68. The van der Waals surface area contributed by atoms with Crippen LogP contribution in [0.15, 0.2) is 176 Å². The molecule has 0 saturated carbocycles. The van der Waals surface area contributed by atoms with E-state index in [4.69, 9.17) is 9.72 Å². The number of anilines is 4. The van der Waals surface area contributed by atoms with E-state index in [0.717, 1.165) is 66.6 Å². The topological polar surface area (TPSA) is 33.5 Å². The van der Waals surface area contributed by atoms with Gasteiger partial charge >= 0.3 is 0 Å². The number of rotatable bonds is 9. The summed E-state index contributed by atoms with van der Waals surface area (Å²) in [7, 11) is 0. The molecule has 2 aromatic heterocycles. The number of aromatic nitrogens is 2. The van der Waals surface area contributed by atoms with Gasteiger partial charge in [0.2, 0.25) is 5.82 Å². The zero-order valence-corrected chi connectivity index (χ0v) is 53.0. The molecule has 11 heteroatoms. The standard InChI is InChI=1S/C76H66F5N4O.Pt/c1-73(2,3)48-32-33-82-65(41-48)85-61-27-19-18-26-57(61)58-31-30-53(43-64(58)85)86-54-37-47(56-25-17-16-24-55(56)45-22-14-13-15-23-45)36-52(42-54)83-44-84(63-29-21-20-28-62(63)83)72-59(46-34-49(74(4,5)6)38-50(35-46)75(7,8)9)39-51(76(10,11)12)40-60(72)66-67(77)69(79)71(81)70(80)68(66)78;/h13-41,44H,1-12H3;/q-3;. The summed E-state index contributed by atoms with van der Waals surface area (Å²) in [6.45, 7) is 26.9. The second kappa shape index (κ2) is 22.4. The average molecular weight is 1340 g/mol. The van der Waals surface area contributed by atoms with Gasteiger partial charge in [-0.1, -0.05) is 192 Å². The smallest absolute Gasteiger partial charge is 0.200 e. The number of hydrogen-bond donors (Lipinski definition) is 0. The van der Waals surface area contributed by atoms with Gasteiger partial charge in [0, 0.05) is 72.5 Å². The first-order chi connectivity index (χ1) is 40.7. The molecule has 0 aliphatic carbocycles.